The van der Waals surface area contributed by atoms with Crippen molar-refractivity contribution >= 4 is 33.0 Å². The predicted molar refractivity (Wildman–Crippen MR) is 94.7 cm³/mol. The van der Waals surface area contributed by atoms with Gasteiger partial charge in [-0.05, 0) is 42.2 Å². The Kier molecular flexibility index (Phi) is 3.69. The molecular formula is C17H15N3O5S. The fourth-order valence-electron chi connectivity index (χ4n) is 3.35. The number of amides is 1. The number of aryl methyl sites for hydroxylation is 1. The van der Waals surface area contributed by atoms with E-state index in [-0.39, 0.29) is 23.0 Å². The summed E-state index contributed by atoms with van der Waals surface area (Å²) in [4.78, 5) is 22.0. The maximum absolute atomic E-state index is 13.1. The summed E-state index contributed by atoms with van der Waals surface area (Å²) in [5, 5.41) is 13.7. The highest BCUT2D eigenvalue weighted by Gasteiger charge is 2.33. The average Bonchev–Trinajstić information content (AvgIpc) is 3.05. The largest absolute Gasteiger partial charge is 0.326 e. The summed E-state index contributed by atoms with van der Waals surface area (Å²) in [6.45, 7) is 0.243. The highest BCUT2D eigenvalue weighted by atomic mass is 32.2. The number of fused-ring (bicyclic) bond motifs is 2. The van der Waals surface area contributed by atoms with Crippen LogP contribution < -0.4 is 9.62 Å². The third kappa shape index (κ3) is 2.60. The first-order valence-corrected chi connectivity index (χ1v) is 9.53. The molecule has 0 unspecified atom stereocenters. The summed E-state index contributed by atoms with van der Waals surface area (Å²) in [7, 11) is -3.84. The molecule has 1 N–H and O–H groups in total. The van der Waals surface area contributed by atoms with Crippen LogP contribution in [0.4, 0.5) is 17.1 Å². The quantitative estimate of drug-likeness (QED) is 0.655. The van der Waals surface area contributed by atoms with Gasteiger partial charge in [-0.3, -0.25) is 19.2 Å². The van der Waals surface area contributed by atoms with Crippen molar-refractivity contribution in [3.63, 3.8) is 0 Å². The van der Waals surface area contributed by atoms with Gasteiger partial charge in [-0.15, -0.1) is 0 Å². The van der Waals surface area contributed by atoms with Crippen LogP contribution >= 0.6 is 0 Å². The standard InChI is InChI=1S/C17H15N3O5S/c21-17-6-2-12-9-14(4-5-15(12)18-17)26(24,25)19-8-7-11-1-3-13(20(22)23)10-16(11)19/h1,3-5,9-10H,2,6-8H2,(H,18,21). The molecule has 0 fully saturated rings. The van der Waals surface area contributed by atoms with E-state index in [0.717, 1.165) is 11.1 Å². The number of non-ortho nitro benzene ring substituents is 1. The van der Waals surface area contributed by atoms with E-state index in [1.807, 2.05) is 0 Å². The number of hydrogen-bond donors (Lipinski definition) is 1. The Balaban J connectivity index is 1.74. The fourth-order valence-corrected chi connectivity index (χ4v) is 4.90. The number of nitrogens with zero attached hydrogens (tertiary/aromatic N) is 2. The van der Waals surface area contributed by atoms with Crippen molar-refractivity contribution in [2.24, 2.45) is 0 Å². The van der Waals surface area contributed by atoms with E-state index >= 15 is 0 Å². The Labute approximate surface area is 149 Å². The summed E-state index contributed by atoms with van der Waals surface area (Å²) >= 11 is 0. The Morgan fingerprint density at radius 1 is 1.04 bits per heavy atom. The number of sulfonamides is 1. The SMILES string of the molecule is O=C1CCc2cc(S(=O)(=O)N3CCc4ccc([N+](=O)[O-])cc43)ccc2N1. The minimum atomic E-state index is -3.84. The van der Waals surface area contributed by atoms with E-state index in [9.17, 15) is 23.3 Å². The highest BCUT2D eigenvalue weighted by Crippen LogP contribution is 2.36. The van der Waals surface area contributed by atoms with Gasteiger partial charge < -0.3 is 5.32 Å². The highest BCUT2D eigenvalue weighted by molar-refractivity contribution is 7.92. The Morgan fingerprint density at radius 3 is 2.62 bits per heavy atom. The number of benzene rings is 2. The lowest BCUT2D eigenvalue weighted by molar-refractivity contribution is -0.384. The number of nitrogens with one attached hydrogen (secondary N) is 1. The number of nitro benzene ring substituents is 1. The van der Waals surface area contributed by atoms with Crippen LogP contribution in [0.3, 0.4) is 0 Å². The van der Waals surface area contributed by atoms with Crippen LogP contribution in [0, 0.1) is 10.1 Å². The van der Waals surface area contributed by atoms with Crippen molar-refractivity contribution in [2.45, 2.75) is 24.2 Å². The molecule has 2 aliphatic rings. The fraction of sp³-hybridized carbons (Fsp3) is 0.235. The molecule has 2 aliphatic heterocycles. The van der Waals surface area contributed by atoms with Crippen LogP contribution in [0.5, 0.6) is 0 Å². The summed E-state index contributed by atoms with van der Waals surface area (Å²) < 4.78 is 27.4. The molecule has 0 bridgehead atoms. The zero-order valence-corrected chi connectivity index (χ0v) is 14.5. The van der Waals surface area contributed by atoms with Gasteiger partial charge in [0.05, 0.1) is 15.5 Å². The monoisotopic (exact) mass is 373 g/mol. The summed E-state index contributed by atoms with van der Waals surface area (Å²) in [6, 6.07) is 8.90. The van der Waals surface area contributed by atoms with Crippen molar-refractivity contribution in [3.8, 4) is 0 Å². The molecule has 8 nitrogen and oxygen atoms in total. The van der Waals surface area contributed by atoms with Crippen LogP contribution in [0.2, 0.25) is 0 Å². The minimum Gasteiger partial charge on any atom is -0.326 e. The molecule has 2 aromatic rings. The zero-order valence-electron chi connectivity index (χ0n) is 13.6. The van der Waals surface area contributed by atoms with Crippen LogP contribution in [0.1, 0.15) is 17.5 Å². The van der Waals surface area contributed by atoms with Crippen molar-refractivity contribution < 1.29 is 18.1 Å². The number of anilines is 2. The number of hydrogen-bond acceptors (Lipinski definition) is 5. The smallest absolute Gasteiger partial charge is 0.271 e. The first-order valence-electron chi connectivity index (χ1n) is 8.09. The Bertz CT molecular complexity index is 1050. The molecule has 9 heteroatoms. The molecule has 2 aromatic carbocycles. The predicted octanol–water partition coefficient (Wildman–Crippen LogP) is 2.23. The Morgan fingerprint density at radius 2 is 1.85 bits per heavy atom. The van der Waals surface area contributed by atoms with Crippen LogP contribution in [0.15, 0.2) is 41.3 Å². The van der Waals surface area contributed by atoms with Gasteiger partial charge in [0.2, 0.25) is 5.91 Å². The van der Waals surface area contributed by atoms with Gasteiger partial charge in [0, 0.05) is 30.8 Å². The van der Waals surface area contributed by atoms with Crippen molar-refractivity contribution in [1.82, 2.24) is 0 Å². The Hall–Kier alpha value is -2.94. The van der Waals surface area contributed by atoms with Gasteiger partial charge in [0.15, 0.2) is 0 Å². The number of carbonyl (C=O) groups is 1. The molecule has 0 aromatic heterocycles. The molecule has 0 radical (unpaired) electrons. The van der Waals surface area contributed by atoms with E-state index in [1.165, 1.54) is 22.5 Å². The normalized spacial score (nSPS) is 16.0. The van der Waals surface area contributed by atoms with Crippen LogP contribution in [-0.2, 0) is 27.7 Å². The van der Waals surface area contributed by atoms with E-state index < -0.39 is 14.9 Å². The van der Waals surface area contributed by atoms with Gasteiger partial charge in [-0.25, -0.2) is 8.42 Å². The molecule has 0 spiro atoms. The van der Waals surface area contributed by atoms with E-state index in [4.69, 9.17) is 0 Å². The maximum atomic E-state index is 13.1. The zero-order chi connectivity index (χ0) is 18.5. The third-order valence-electron chi connectivity index (χ3n) is 4.69. The van der Waals surface area contributed by atoms with Crippen LogP contribution in [-0.4, -0.2) is 25.8 Å². The van der Waals surface area contributed by atoms with Gasteiger partial charge in [-0.1, -0.05) is 6.07 Å². The van der Waals surface area contributed by atoms with Gasteiger partial charge in [0.25, 0.3) is 15.7 Å². The molecule has 134 valence electrons. The molecule has 2 heterocycles. The van der Waals surface area contributed by atoms with Gasteiger partial charge in [0.1, 0.15) is 0 Å². The first kappa shape index (κ1) is 16.5. The number of nitro groups is 1. The molecule has 0 saturated heterocycles. The lowest BCUT2D eigenvalue weighted by Crippen LogP contribution is -2.29. The molecule has 4 rings (SSSR count). The van der Waals surface area contributed by atoms with Gasteiger partial charge >= 0.3 is 0 Å². The summed E-state index contributed by atoms with van der Waals surface area (Å²) in [5.41, 5.74) is 2.37. The van der Waals surface area contributed by atoms with Crippen molar-refractivity contribution in [3.05, 3.63) is 57.6 Å². The second kappa shape index (κ2) is 5.80. The lowest BCUT2D eigenvalue weighted by atomic mass is 10.0. The third-order valence-corrected chi connectivity index (χ3v) is 6.50. The van der Waals surface area contributed by atoms with E-state index in [0.29, 0.717) is 30.6 Å². The van der Waals surface area contributed by atoms with E-state index in [2.05, 4.69) is 5.32 Å². The minimum absolute atomic E-state index is 0.0890. The summed E-state index contributed by atoms with van der Waals surface area (Å²) in [5.74, 6) is -0.0890. The molecular weight excluding hydrogens is 358 g/mol. The average molecular weight is 373 g/mol. The maximum Gasteiger partial charge on any atom is 0.271 e. The second-order valence-corrected chi connectivity index (χ2v) is 8.13. The van der Waals surface area contributed by atoms with Gasteiger partial charge in [-0.2, -0.15) is 0 Å². The second-order valence-electron chi connectivity index (χ2n) is 6.26. The molecule has 26 heavy (non-hydrogen) atoms. The van der Waals surface area contributed by atoms with Crippen molar-refractivity contribution in [2.75, 3.05) is 16.2 Å². The topological polar surface area (TPSA) is 110 Å². The lowest BCUT2D eigenvalue weighted by Gasteiger charge is -2.22. The van der Waals surface area contributed by atoms with E-state index in [1.54, 1.807) is 18.2 Å². The number of carbonyl (C=O) groups excluding carboxylic acids is 1. The van der Waals surface area contributed by atoms with Crippen LogP contribution in [0.25, 0.3) is 0 Å². The first-order chi connectivity index (χ1) is 12.4. The number of rotatable bonds is 3. The molecule has 0 saturated carbocycles. The molecule has 0 aliphatic carbocycles. The molecule has 0 atom stereocenters. The summed E-state index contributed by atoms with van der Waals surface area (Å²) in [6.07, 6.45) is 1.30. The molecule has 1 amide bonds. The van der Waals surface area contributed by atoms with Crippen molar-refractivity contribution in [1.29, 1.82) is 0 Å².